The van der Waals surface area contributed by atoms with Crippen LogP contribution in [-0.2, 0) is 14.8 Å². The van der Waals surface area contributed by atoms with E-state index in [1.165, 1.54) is 4.31 Å². The zero-order valence-corrected chi connectivity index (χ0v) is 13.8. The van der Waals surface area contributed by atoms with Crippen LogP contribution >= 0.6 is 0 Å². The van der Waals surface area contributed by atoms with E-state index in [9.17, 15) is 8.42 Å². The number of morpholine rings is 1. The first kappa shape index (κ1) is 16.3. The van der Waals surface area contributed by atoms with Gasteiger partial charge in [-0.3, -0.25) is 0 Å². The fraction of sp³-hybridized carbons (Fsp3) is 0.600. The van der Waals surface area contributed by atoms with Crippen molar-refractivity contribution < 1.29 is 17.9 Å². The van der Waals surface area contributed by atoms with Crippen molar-refractivity contribution in [3.05, 3.63) is 24.3 Å². The zero-order chi connectivity index (χ0) is 15.7. The van der Waals surface area contributed by atoms with Gasteiger partial charge in [0.25, 0.3) is 0 Å². The molecule has 0 saturated carbocycles. The van der Waals surface area contributed by atoms with Gasteiger partial charge in [0.05, 0.1) is 29.8 Å². The van der Waals surface area contributed by atoms with E-state index >= 15 is 0 Å². The lowest BCUT2D eigenvalue weighted by molar-refractivity contribution is -0.00770. The maximum absolute atomic E-state index is 12.8. The quantitative estimate of drug-likeness (QED) is 0.855. The third kappa shape index (κ3) is 3.56. The summed E-state index contributed by atoms with van der Waals surface area (Å²) in [4.78, 5) is 0.286. The summed E-state index contributed by atoms with van der Waals surface area (Å²) >= 11 is 0. The SMILES string of the molecule is CC(C)Oc1ccc(S(=O)(=O)N2CCOCC2(C)C)cc1. The third-order valence-electron chi connectivity index (χ3n) is 3.35. The average molecular weight is 313 g/mol. The number of nitrogens with zero attached hydrogens (tertiary/aromatic N) is 1. The fourth-order valence-corrected chi connectivity index (χ4v) is 4.13. The maximum atomic E-state index is 12.8. The summed E-state index contributed by atoms with van der Waals surface area (Å²) in [5.74, 6) is 0.671. The molecule has 0 aromatic heterocycles. The van der Waals surface area contributed by atoms with Gasteiger partial charge in [0.2, 0.25) is 10.0 Å². The smallest absolute Gasteiger partial charge is 0.243 e. The van der Waals surface area contributed by atoms with Crippen molar-refractivity contribution in [2.24, 2.45) is 0 Å². The van der Waals surface area contributed by atoms with Crippen LogP contribution < -0.4 is 4.74 Å². The van der Waals surface area contributed by atoms with Crippen molar-refractivity contribution in [3.63, 3.8) is 0 Å². The van der Waals surface area contributed by atoms with Gasteiger partial charge in [0.1, 0.15) is 5.75 Å². The molecule has 0 aliphatic carbocycles. The van der Waals surface area contributed by atoms with Crippen molar-refractivity contribution in [1.29, 1.82) is 0 Å². The second-order valence-corrected chi connectivity index (χ2v) is 7.94. The standard InChI is InChI=1S/C15H23NO4S/c1-12(2)20-13-5-7-14(8-6-13)21(17,18)16-9-10-19-11-15(16,3)4/h5-8,12H,9-11H2,1-4H3. The molecule has 0 amide bonds. The summed E-state index contributed by atoms with van der Waals surface area (Å²) in [5.41, 5.74) is -0.538. The molecule has 1 fully saturated rings. The summed E-state index contributed by atoms with van der Waals surface area (Å²) in [6.45, 7) is 8.82. The van der Waals surface area contributed by atoms with E-state index in [2.05, 4.69) is 0 Å². The molecule has 0 atom stereocenters. The minimum atomic E-state index is -3.52. The van der Waals surface area contributed by atoms with Gasteiger partial charge >= 0.3 is 0 Å². The van der Waals surface area contributed by atoms with Gasteiger partial charge in [0.15, 0.2) is 0 Å². The molecule has 6 heteroatoms. The van der Waals surface area contributed by atoms with Crippen LogP contribution in [0.2, 0.25) is 0 Å². The number of rotatable bonds is 4. The van der Waals surface area contributed by atoms with Gasteiger partial charge in [-0.05, 0) is 52.0 Å². The van der Waals surface area contributed by atoms with E-state index in [-0.39, 0.29) is 11.0 Å². The second kappa shape index (κ2) is 5.94. The molecule has 0 N–H and O–H groups in total. The van der Waals surface area contributed by atoms with E-state index in [0.717, 1.165) is 0 Å². The zero-order valence-electron chi connectivity index (χ0n) is 13.0. The van der Waals surface area contributed by atoms with Gasteiger partial charge in [-0.1, -0.05) is 0 Å². The molecule has 0 bridgehead atoms. The molecule has 1 aromatic rings. The monoisotopic (exact) mass is 313 g/mol. The predicted molar refractivity (Wildman–Crippen MR) is 81.0 cm³/mol. The highest BCUT2D eigenvalue weighted by atomic mass is 32.2. The van der Waals surface area contributed by atoms with Gasteiger partial charge in [0, 0.05) is 6.54 Å². The van der Waals surface area contributed by atoms with E-state index in [1.807, 2.05) is 27.7 Å². The van der Waals surface area contributed by atoms with Crippen LogP contribution in [-0.4, -0.2) is 44.1 Å². The number of hydrogen-bond donors (Lipinski definition) is 0. The molecule has 118 valence electrons. The molecule has 21 heavy (non-hydrogen) atoms. The first-order chi connectivity index (χ1) is 9.73. The Morgan fingerprint density at radius 2 is 1.86 bits per heavy atom. The van der Waals surface area contributed by atoms with Crippen LogP contribution in [0.15, 0.2) is 29.2 Å². The Balaban J connectivity index is 2.27. The Morgan fingerprint density at radius 1 is 1.24 bits per heavy atom. The highest BCUT2D eigenvalue weighted by Gasteiger charge is 2.39. The molecular formula is C15H23NO4S. The number of benzene rings is 1. The maximum Gasteiger partial charge on any atom is 0.243 e. The van der Waals surface area contributed by atoms with Gasteiger partial charge in [-0.25, -0.2) is 8.42 Å². The third-order valence-corrected chi connectivity index (χ3v) is 5.48. The molecule has 2 rings (SSSR count). The Hall–Kier alpha value is -1.11. The lowest BCUT2D eigenvalue weighted by Crippen LogP contribution is -2.55. The van der Waals surface area contributed by atoms with Crippen LogP contribution in [0.4, 0.5) is 0 Å². The van der Waals surface area contributed by atoms with Gasteiger partial charge in [-0.2, -0.15) is 4.31 Å². The first-order valence-corrected chi connectivity index (χ1v) is 8.55. The summed E-state index contributed by atoms with van der Waals surface area (Å²) in [5, 5.41) is 0. The number of sulfonamides is 1. The molecule has 0 radical (unpaired) electrons. The van der Waals surface area contributed by atoms with Crippen LogP contribution in [0.1, 0.15) is 27.7 Å². The van der Waals surface area contributed by atoms with Crippen molar-refractivity contribution >= 4 is 10.0 Å². The summed E-state index contributed by atoms with van der Waals surface area (Å²) in [7, 11) is -3.52. The first-order valence-electron chi connectivity index (χ1n) is 7.11. The van der Waals surface area contributed by atoms with E-state index in [4.69, 9.17) is 9.47 Å². The Labute approximate surface area is 126 Å². The van der Waals surface area contributed by atoms with Gasteiger partial charge in [-0.15, -0.1) is 0 Å². The Morgan fingerprint density at radius 3 is 2.38 bits per heavy atom. The van der Waals surface area contributed by atoms with Crippen molar-refractivity contribution in [2.45, 2.75) is 44.2 Å². The van der Waals surface area contributed by atoms with Crippen LogP contribution in [0.25, 0.3) is 0 Å². The predicted octanol–water partition coefficient (Wildman–Crippen LogP) is 2.27. The van der Waals surface area contributed by atoms with E-state index in [1.54, 1.807) is 24.3 Å². The minimum absolute atomic E-state index is 0.0608. The minimum Gasteiger partial charge on any atom is -0.491 e. The summed E-state index contributed by atoms with van der Waals surface area (Å²) in [6.07, 6.45) is 0.0608. The molecule has 0 spiro atoms. The molecule has 1 saturated heterocycles. The van der Waals surface area contributed by atoms with Crippen molar-refractivity contribution in [3.8, 4) is 5.75 Å². The van der Waals surface area contributed by atoms with Gasteiger partial charge < -0.3 is 9.47 Å². The lowest BCUT2D eigenvalue weighted by Gasteiger charge is -2.40. The highest BCUT2D eigenvalue weighted by Crippen LogP contribution is 2.28. The van der Waals surface area contributed by atoms with Crippen LogP contribution in [0, 0.1) is 0 Å². The van der Waals surface area contributed by atoms with Crippen molar-refractivity contribution in [2.75, 3.05) is 19.8 Å². The molecule has 1 heterocycles. The summed E-state index contributed by atoms with van der Waals surface area (Å²) < 4.78 is 38.0. The number of ether oxygens (including phenoxy) is 2. The largest absolute Gasteiger partial charge is 0.491 e. The molecule has 5 nitrogen and oxygen atoms in total. The highest BCUT2D eigenvalue weighted by molar-refractivity contribution is 7.89. The van der Waals surface area contributed by atoms with Crippen molar-refractivity contribution in [1.82, 2.24) is 4.31 Å². The molecule has 0 unspecified atom stereocenters. The Kier molecular flexibility index (Phi) is 4.60. The van der Waals surface area contributed by atoms with Crippen LogP contribution in [0.5, 0.6) is 5.75 Å². The summed E-state index contributed by atoms with van der Waals surface area (Å²) in [6, 6.07) is 6.58. The molecule has 1 aromatic carbocycles. The fourth-order valence-electron chi connectivity index (χ4n) is 2.38. The van der Waals surface area contributed by atoms with E-state index in [0.29, 0.717) is 25.5 Å². The topological polar surface area (TPSA) is 55.8 Å². The molecule has 1 aliphatic rings. The number of hydrogen-bond acceptors (Lipinski definition) is 4. The second-order valence-electron chi connectivity index (χ2n) is 6.08. The lowest BCUT2D eigenvalue weighted by atomic mass is 10.1. The average Bonchev–Trinajstić information content (AvgIpc) is 2.37. The van der Waals surface area contributed by atoms with E-state index < -0.39 is 15.6 Å². The molecule has 1 aliphatic heterocycles. The normalized spacial score (nSPS) is 19.7. The molecular weight excluding hydrogens is 290 g/mol. The van der Waals surface area contributed by atoms with Crippen LogP contribution in [0.3, 0.4) is 0 Å². The Bertz CT molecular complexity index is 578.